The average Bonchev–Trinajstić information content (AvgIpc) is 3.30. The minimum absolute atomic E-state index is 0.163. The predicted molar refractivity (Wildman–Crippen MR) is 135 cm³/mol. The topological polar surface area (TPSA) is 92.8 Å². The molecule has 0 bridgehead atoms. The van der Waals surface area contributed by atoms with Crippen LogP contribution in [0.5, 0.6) is 5.75 Å². The molecule has 1 N–H and O–H groups in total. The van der Waals surface area contributed by atoms with Crippen molar-refractivity contribution in [2.24, 2.45) is 0 Å². The Morgan fingerprint density at radius 3 is 2.88 bits per heavy atom. The van der Waals surface area contributed by atoms with Crippen LogP contribution in [0.2, 0.25) is 0 Å². The standard InChI is InChI=1S/C25H27N5O2S2/c1-3-14-30-23(17(2)32-18-10-6-4-7-11-18)28-29-25(30)33-16-22(31)27-24-20(15-26)19-12-8-5-9-13-21(19)34-24/h3-4,6-7,10-11,17H,1,5,8-9,12-14,16H2,2H3,(H,27,31). The summed E-state index contributed by atoms with van der Waals surface area (Å²) in [4.78, 5) is 14.0. The molecule has 176 valence electrons. The summed E-state index contributed by atoms with van der Waals surface area (Å²) in [5.41, 5.74) is 1.75. The van der Waals surface area contributed by atoms with Crippen molar-refractivity contribution in [3.63, 3.8) is 0 Å². The molecule has 1 aliphatic carbocycles. The van der Waals surface area contributed by atoms with Crippen LogP contribution in [0.4, 0.5) is 5.00 Å². The molecule has 1 unspecified atom stereocenters. The first-order chi connectivity index (χ1) is 16.6. The number of benzene rings is 1. The first-order valence-corrected chi connectivity index (χ1v) is 13.1. The number of thiophene rings is 1. The van der Waals surface area contributed by atoms with Crippen molar-refractivity contribution in [1.82, 2.24) is 14.8 Å². The fourth-order valence-corrected chi connectivity index (χ4v) is 6.02. The molecule has 4 rings (SSSR count). The number of allylic oxidation sites excluding steroid dienone is 1. The van der Waals surface area contributed by atoms with Gasteiger partial charge < -0.3 is 10.1 Å². The van der Waals surface area contributed by atoms with Gasteiger partial charge in [-0.25, -0.2) is 0 Å². The van der Waals surface area contributed by atoms with Gasteiger partial charge in [0.2, 0.25) is 5.91 Å². The Bertz CT molecular complexity index is 1200. The molecule has 9 heteroatoms. The van der Waals surface area contributed by atoms with Crippen molar-refractivity contribution in [2.75, 3.05) is 11.1 Å². The molecule has 2 heterocycles. The molecule has 1 amide bonds. The molecule has 7 nitrogen and oxygen atoms in total. The van der Waals surface area contributed by atoms with Gasteiger partial charge in [0.05, 0.1) is 11.3 Å². The molecule has 34 heavy (non-hydrogen) atoms. The summed E-state index contributed by atoms with van der Waals surface area (Å²) >= 11 is 2.85. The van der Waals surface area contributed by atoms with Crippen molar-refractivity contribution >= 4 is 34.0 Å². The number of hydrogen-bond donors (Lipinski definition) is 1. The highest BCUT2D eigenvalue weighted by atomic mass is 32.2. The largest absolute Gasteiger partial charge is 0.483 e. The van der Waals surface area contributed by atoms with Crippen LogP contribution in [0.3, 0.4) is 0 Å². The van der Waals surface area contributed by atoms with Gasteiger partial charge in [0.25, 0.3) is 0 Å². The Kier molecular flexibility index (Phi) is 8.03. The highest BCUT2D eigenvalue weighted by Crippen LogP contribution is 2.37. The fourth-order valence-electron chi connectivity index (χ4n) is 4.01. The summed E-state index contributed by atoms with van der Waals surface area (Å²) in [6.07, 6.45) is 6.76. The molecule has 0 spiro atoms. The van der Waals surface area contributed by atoms with Crippen LogP contribution in [0.25, 0.3) is 0 Å². The number of aromatic nitrogens is 3. The summed E-state index contributed by atoms with van der Waals surface area (Å²) in [7, 11) is 0. The second-order valence-corrected chi connectivity index (χ2v) is 10.1. The van der Waals surface area contributed by atoms with Gasteiger partial charge in [-0.2, -0.15) is 5.26 Å². The lowest BCUT2D eigenvalue weighted by Crippen LogP contribution is -2.15. The van der Waals surface area contributed by atoms with Crippen molar-refractivity contribution in [1.29, 1.82) is 5.26 Å². The Morgan fingerprint density at radius 1 is 1.32 bits per heavy atom. The van der Waals surface area contributed by atoms with E-state index in [-0.39, 0.29) is 17.8 Å². The molecular weight excluding hydrogens is 466 g/mol. The second kappa shape index (κ2) is 11.4. The zero-order chi connectivity index (χ0) is 23.9. The second-order valence-electron chi connectivity index (χ2n) is 8.03. The lowest BCUT2D eigenvalue weighted by atomic mass is 10.1. The van der Waals surface area contributed by atoms with E-state index in [2.05, 4.69) is 28.2 Å². The minimum atomic E-state index is -0.322. The molecule has 0 saturated heterocycles. The third-order valence-corrected chi connectivity index (χ3v) is 7.77. The molecule has 2 aromatic heterocycles. The van der Waals surface area contributed by atoms with E-state index in [4.69, 9.17) is 4.74 Å². The number of aryl methyl sites for hydroxylation is 1. The smallest absolute Gasteiger partial charge is 0.235 e. The normalized spacial score (nSPS) is 13.9. The summed E-state index contributed by atoms with van der Waals surface area (Å²) in [5.74, 6) is 1.41. The average molecular weight is 494 g/mol. The fraction of sp³-hybridized carbons (Fsp3) is 0.360. The molecule has 0 saturated carbocycles. The third-order valence-electron chi connectivity index (χ3n) is 5.60. The summed E-state index contributed by atoms with van der Waals surface area (Å²) < 4.78 is 7.91. The molecule has 0 aliphatic heterocycles. The molecule has 3 aromatic rings. The summed E-state index contributed by atoms with van der Waals surface area (Å²) in [6, 6.07) is 11.9. The van der Waals surface area contributed by atoms with Gasteiger partial charge in [0.15, 0.2) is 17.1 Å². The Hall–Kier alpha value is -3.09. The van der Waals surface area contributed by atoms with Crippen molar-refractivity contribution in [2.45, 2.75) is 56.8 Å². The molecule has 0 fully saturated rings. The number of nitrogens with zero attached hydrogens (tertiary/aromatic N) is 4. The number of nitriles is 1. The van der Waals surface area contributed by atoms with Crippen LogP contribution >= 0.6 is 23.1 Å². The van der Waals surface area contributed by atoms with Crippen molar-refractivity contribution < 1.29 is 9.53 Å². The van der Waals surface area contributed by atoms with E-state index in [0.717, 1.165) is 37.0 Å². The Morgan fingerprint density at radius 2 is 2.12 bits per heavy atom. The zero-order valence-electron chi connectivity index (χ0n) is 19.1. The van der Waals surface area contributed by atoms with Crippen molar-refractivity contribution in [3.8, 4) is 11.8 Å². The van der Waals surface area contributed by atoms with E-state index in [9.17, 15) is 10.1 Å². The van der Waals surface area contributed by atoms with E-state index < -0.39 is 0 Å². The van der Waals surface area contributed by atoms with Gasteiger partial charge in [-0.1, -0.05) is 42.5 Å². The molecule has 1 atom stereocenters. The number of nitrogens with one attached hydrogen (secondary N) is 1. The predicted octanol–water partition coefficient (Wildman–Crippen LogP) is 5.54. The van der Waals surface area contributed by atoms with Crippen LogP contribution in [0, 0.1) is 11.3 Å². The first-order valence-electron chi connectivity index (χ1n) is 11.3. The van der Waals surface area contributed by atoms with Crippen molar-refractivity contribution in [3.05, 3.63) is 64.8 Å². The number of ether oxygens (including phenoxy) is 1. The number of carbonyl (C=O) groups is 1. The maximum Gasteiger partial charge on any atom is 0.235 e. The van der Waals surface area contributed by atoms with Crippen LogP contribution in [-0.2, 0) is 24.2 Å². The number of fused-ring (bicyclic) bond motifs is 1. The number of rotatable bonds is 9. The summed E-state index contributed by atoms with van der Waals surface area (Å²) in [6.45, 7) is 6.26. The van der Waals surface area contributed by atoms with Crippen LogP contribution < -0.4 is 10.1 Å². The lowest BCUT2D eigenvalue weighted by Gasteiger charge is -2.15. The van der Waals surface area contributed by atoms with E-state index >= 15 is 0 Å². The van der Waals surface area contributed by atoms with E-state index in [1.165, 1.54) is 23.1 Å². The number of para-hydroxylation sites is 1. The van der Waals surface area contributed by atoms with Gasteiger partial charge in [0, 0.05) is 11.4 Å². The Labute approximate surface area is 207 Å². The number of anilines is 1. The van der Waals surface area contributed by atoms with Crippen LogP contribution in [0.1, 0.15) is 54.1 Å². The van der Waals surface area contributed by atoms with Gasteiger partial charge in [-0.3, -0.25) is 9.36 Å². The SMILES string of the molecule is C=CCn1c(SCC(=O)Nc2sc3c(c2C#N)CCCCC3)nnc1C(C)Oc1ccccc1. The van der Waals surface area contributed by atoms with E-state index in [0.29, 0.717) is 28.1 Å². The maximum atomic E-state index is 12.7. The van der Waals surface area contributed by atoms with Gasteiger partial charge in [-0.15, -0.1) is 28.1 Å². The zero-order valence-corrected chi connectivity index (χ0v) is 20.8. The van der Waals surface area contributed by atoms with Gasteiger partial charge in [-0.05, 0) is 50.3 Å². The summed E-state index contributed by atoms with van der Waals surface area (Å²) in [5, 5.41) is 22.5. The first kappa shape index (κ1) is 24.0. The number of carbonyl (C=O) groups excluding carboxylic acids is 1. The van der Waals surface area contributed by atoms with Gasteiger partial charge in [0.1, 0.15) is 16.8 Å². The molecule has 1 aliphatic rings. The van der Waals surface area contributed by atoms with E-state index in [1.54, 1.807) is 17.4 Å². The third kappa shape index (κ3) is 5.51. The highest BCUT2D eigenvalue weighted by Gasteiger charge is 2.22. The van der Waals surface area contributed by atoms with Crippen LogP contribution in [-0.4, -0.2) is 26.4 Å². The molecule has 1 aromatic carbocycles. The maximum absolute atomic E-state index is 12.7. The minimum Gasteiger partial charge on any atom is -0.483 e. The lowest BCUT2D eigenvalue weighted by molar-refractivity contribution is -0.113. The molecule has 0 radical (unpaired) electrons. The number of thioether (sulfide) groups is 1. The number of hydrogen-bond acceptors (Lipinski definition) is 7. The molecular formula is C25H27N5O2S2. The van der Waals surface area contributed by atoms with E-state index in [1.807, 2.05) is 41.8 Å². The number of amides is 1. The monoisotopic (exact) mass is 493 g/mol. The van der Waals surface area contributed by atoms with Gasteiger partial charge >= 0.3 is 0 Å². The van der Waals surface area contributed by atoms with Crippen LogP contribution in [0.15, 0.2) is 48.1 Å². The highest BCUT2D eigenvalue weighted by molar-refractivity contribution is 7.99. The quantitative estimate of drug-likeness (QED) is 0.239. The Balaban J connectivity index is 1.43.